The molecule has 3 aromatic rings. The van der Waals surface area contributed by atoms with E-state index in [-0.39, 0.29) is 24.5 Å². The summed E-state index contributed by atoms with van der Waals surface area (Å²) in [5.41, 5.74) is 1.04. The van der Waals surface area contributed by atoms with Crippen molar-refractivity contribution >= 4 is 16.9 Å². The van der Waals surface area contributed by atoms with Crippen LogP contribution in [0.2, 0.25) is 0 Å². The molecule has 1 heterocycles. The molecule has 0 bridgehead atoms. The molecule has 0 saturated heterocycles. The van der Waals surface area contributed by atoms with Gasteiger partial charge in [0.25, 0.3) is 5.91 Å². The van der Waals surface area contributed by atoms with E-state index in [1.807, 2.05) is 30.3 Å². The topological polar surface area (TPSA) is 71.7 Å². The maximum atomic E-state index is 13.6. The number of ether oxygens (including phenoxy) is 1. The molecule has 0 spiro atoms. The van der Waals surface area contributed by atoms with Gasteiger partial charge in [-0.2, -0.15) is 0 Å². The van der Waals surface area contributed by atoms with Gasteiger partial charge in [0.15, 0.2) is 17.2 Å². The zero-order chi connectivity index (χ0) is 17.6. The Bertz CT molecular complexity index is 847. The van der Waals surface area contributed by atoms with E-state index < -0.39 is 17.8 Å². The highest BCUT2D eigenvalue weighted by Gasteiger charge is 2.15. The number of amides is 1. The second-order valence-corrected chi connectivity index (χ2v) is 5.63. The molecule has 6 heteroatoms. The number of benzene rings is 2. The van der Waals surface area contributed by atoms with Crippen LogP contribution in [0.5, 0.6) is 0 Å². The lowest BCUT2D eigenvalue weighted by molar-refractivity contribution is 0.0283. The van der Waals surface area contributed by atoms with Gasteiger partial charge in [-0.15, -0.1) is 0 Å². The largest absolute Gasteiger partial charge is 0.448 e. The lowest BCUT2D eigenvalue weighted by atomic mass is 10.2. The molecule has 130 valence electrons. The highest BCUT2D eigenvalue weighted by atomic mass is 19.1. The van der Waals surface area contributed by atoms with Crippen molar-refractivity contribution in [3.63, 3.8) is 0 Å². The van der Waals surface area contributed by atoms with Crippen molar-refractivity contribution in [3.8, 4) is 0 Å². The lowest BCUT2D eigenvalue weighted by Gasteiger charge is -2.12. The predicted molar refractivity (Wildman–Crippen MR) is 90.6 cm³/mol. The minimum Gasteiger partial charge on any atom is -0.448 e. The third-order valence-electron chi connectivity index (χ3n) is 3.64. The fourth-order valence-corrected chi connectivity index (χ4v) is 2.38. The average Bonchev–Trinajstić information content (AvgIpc) is 3.06. The molecular formula is C19H18FNO4. The van der Waals surface area contributed by atoms with Crippen molar-refractivity contribution in [3.05, 3.63) is 71.7 Å². The molecular weight excluding hydrogens is 325 g/mol. The quantitative estimate of drug-likeness (QED) is 0.692. The van der Waals surface area contributed by atoms with Crippen molar-refractivity contribution in [2.45, 2.75) is 12.7 Å². The summed E-state index contributed by atoms with van der Waals surface area (Å²) in [5.74, 6) is -1.04. The molecule has 0 radical (unpaired) electrons. The van der Waals surface area contributed by atoms with Gasteiger partial charge in [-0.05, 0) is 17.7 Å². The first kappa shape index (κ1) is 17.1. The van der Waals surface area contributed by atoms with E-state index in [1.54, 1.807) is 12.1 Å². The zero-order valence-corrected chi connectivity index (χ0v) is 13.4. The van der Waals surface area contributed by atoms with Crippen molar-refractivity contribution < 1.29 is 23.4 Å². The molecule has 0 aliphatic rings. The molecule has 5 nitrogen and oxygen atoms in total. The van der Waals surface area contributed by atoms with Gasteiger partial charge in [0.05, 0.1) is 19.3 Å². The van der Waals surface area contributed by atoms with Crippen LogP contribution in [0.15, 0.2) is 59.0 Å². The summed E-state index contributed by atoms with van der Waals surface area (Å²) in [6.45, 7) is 0.478. The number of hydrogen-bond acceptors (Lipinski definition) is 4. The van der Waals surface area contributed by atoms with Crippen LogP contribution >= 0.6 is 0 Å². The first-order valence-corrected chi connectivity index (χ1v) is 7.89. The highest BCUT2D eigenvalue weighted by molar-refractivity contribution is 5.96. The van der Waals surface area contributed by atoms with E-state index in [4.69, 9.17) is 9.15 Å². The molecule has 25 heavy (non-hydrogen) atoms. The summed E-state index contributed by atoms with van der Waals surface area (Å²) in [6.07, 6.45) is -0.853. The van der Waals surface area contributed by atoms with Crippen molar-refractivity contribution in [1.29, 1.82) is 0 Å². The molecule has 1 aromatic heterocycles. The van der Waals surface area contributed by atoms with E-state index in [9.17, 15) is 14.3 Å². The molecule has 2 aromatic carbocycles. The standard InChI is InChI=1S/C19H18FNO4/c20-16-8-4-7-14-9-17(25-18(14)16)19(23)21-10-15(22)12-24-11-13-5-2-1-3-6-13/h1-9,15,22H,10-12H2,(H,21,23)/t15-/m1/s1. The Kier molecular flexibility index (Phi) is 5.42. The molecule has 1 atom stereocenters. The lowest BCUT2D eigenvalue weighted by Crippen LogP contribution is -2.34. The molecule has 1 amide bonds. The minimum atomic E-state index is -0.853. The van der Waals surface area contributed by atoms with Crippen molar-refractivity contribution in [1.82, 2.24) is 5.32 Å². The van der Waals surface area contributed by atoms with Crippen LogP contribution in [0, 0.1) is 5.82 Å². The second-order valence-electron chi connectivity index (χ2n) is 5.63. The number of para-hydroxylation sites is 1. The number of rotatable bonds is 7. The monoisotopic (exact) mass is 343 g/mol. The number of hydrogen-bond donors (Lipinski definition) is 2. The normalized spacial score (nSPS) is 12.2. The summed E-state index contributed by atoms with van der Waals surface area (Å²) in [6, 6.07) is 15.5. The zero-order valence-electron chi connectivity index (χ0n) is 13.4. The van der Waals surface area contributed by atoms with Crippen LogP contribution in [0.1, 0.15) is 16.1 Å². The Balaban J connectivity index is 1.47. The predicted octanol–water partition coefficient (Wildman–Crippen LogP) is 2.88. The minimum absolute atomic E-state index is 0.00231. The number of nitrogens with one attached hydrogen (secondary N) is 1. The van der Waals surface area contributed by atoms with Gasteiger partial charge in [-0.3, -0.25) is 4.79 Å². The average molecular weight is 343 g/mol. The van der Waals surface area contributed by atoms with Crippen molar-refractivity contribution in [2.24, 2.45) is 0 Å². The molecule has 0 aliphatic carbocycles. The maximum absolute atomic E-state index is 13.6. The molecule has 2 N–H and O–H groups in total. The summed E-state index contributed by atoms with van der Waals surface area (Å²) < 4.78 is 24.2. The van der Waals surface area contributed by atoms with Crippen LogP contribution in [0.25, 0.3) is 11.0 Å². The number of fused-ring (bicyclic) bond motifs is 1. The van der Waals surface area contributed by atoms with E-state index >= 15 is 0 Å². The smallest absolute Gasteiger partial charge is 0.287 e. The summed E-state index contributed by atoms with van der Waals surface area (Å²) >= 11 is 0. The van der Waals surface area contributed by atoms with Crippen molar-refractivity contribution in [2.75, 3.05) is 13.2 Å². The maximum Gasteiger partial charge on any atom is 0.287 e. The fourth-order valence-electron chi connectivity index (χ4n) is 2.38. The number of carbonyl (C=O) groups is 1. The third-order valence-corrected chi connectivity index (χ3v) is 3.64. The van der Waals surface area contributed by atoms with Gasteiger partial charge in [-0.1, -0.05) is 42.5 Å². The van der Waals surface area contributed by atoms with Gasteiger partial charge < -0.3 is 19.6 Å². The molecule has 0 fully saturated rings. The van der Waals surface area contributed by atoms with Gasteiger partial charge in [-0.25, -0.2) is 4.39 Å². The van der Waals surface area contributed by atoms with Crippen LogP contribution in [0.3, 0.4) is 0 Å². The summed E-state index contributed by atoms with van der Waals surface area (Å²) in [5, 5.41) is 12.9. The Hall–Kier alpha value is -2.70. The fraction of sp³-hybridized carbons (Fsp3) is 0.211. The van der Waals surface area contributed by atoms with E-state index in [0.717, 1.165) is 5.56 Å². The summed E-state index contributed by atoms with van der Waals surface area (Å²) in [4.78, 5) is 12.0. The third kappa shape index (κ3) is 4.43. The number of carbonyl (C=O) groups excluding carboxylic acids is 1. The van der Waals surface area contributed by atoms with Gasteiger partial charge in [0.1, 0.15) is 0 Å². The number of halogens is 1. The molecule has 0 unspecified atom stereocenters. The van der Waals surface area contributed by atoms with E-state index in [0.29, 0.717) is 12.0 Å². The molecule has 3 rings (SSSR count). The summed E-state index contributed by atoms with van der Waals surface area (Å²) in [7, 11) is 0. The Morgan fingerprint density at radius 2 is 2.00 bits per heavy atom. The Morgan fingerprint density at radius 3 is 2.76 bits per heavy atom. The van der Waals surface area contributed by atoms with Crippen LogP contribution in [-0.4, -0.2) is 30.3 Å². The van der Waals surface area contributed by atoms with Crippen LogP contribution < -0.4 is 5.32 Å². The van der Waals surface area contributed by atoms with Gasteiger partial charge in [0.2, 0.25) is 0 Å². The Morgan fingerprint density at radius 1 is 1.20 bits per heavy atom. The number of aliphatic hydroxyl groups is 1. The van der Waals surface area contributed by atoms with E-state index in [1.165, 1.54) is 12.1 Å². The van der Waals surface area contributed by atoms with Crippen LogP contribution in [-0.2, 0) is 11.3 Å². The first-order chi connectivity index (χ1) is 12.1. The highest BCUT2D eigenvalue weighted by Crippen LogP contribution is 2.21. The molecule has 0 saturated carbocycles. The molecule has 0 aliphatic heterocycles. The van der Waals surface area contributed by atoms with Crippen LogP contribution in [0.4, 0.5) is 4.39 Å². The Labute approximate surface area is 144 Å². The number of aliphatic hydroxyl groups excluding tert-OH is 1. The van der Waals surface area contributed by atoms with E-state index in [2.05, 4.69) is 5.32 Å². The van der Waals surface area contributed by atoms with Gasteiger partial charge in [0, 0.05) is 11.9 Å². The first-order valence-electron chi connectivity index (χ1n) is 7.89. The second kappa shape index (κ2) is 7.92. The van der Waals surface area contributed by atoms with Gasteiger partial charge >= 0.3 is 0 Å². The SMILES string of the molecule is O=C(NC[C@@H](O)COCc1ccccc1)c1cc2cccc(F)c2o1. The number of furan rings is 1.